The van der Waals surface area contributed by atoms with Crippen LogP contribution in [-0.2, 0) is 19.4 Å². The fourth-order valence-corrected chi connectivity index (χ4v) is 6.15. The van der Waals surface area contributed by atoms with Crippen molar-refractivity contribution in [2.75, 3.05) is 33.2 Å². The second-order valence-electron chi connectivity index (χ2n) is 11.4. The fraction of sp³-hybridized carbons (Fsp3) is 0.286. The minimum absolute atomic E-state index is 0.127. The standard InChI is InChI=1S/C35H36N6OS/c1-24-4-5-27(17-33(42)28-8-6-26(7-9-28)22-41-14-12-40(3)13-15-41)16-29(24)19-34-37-11-10-32(39-34)30-18-31(21-36-20-30)35-38-25(2)23-43-35/h4-11,16,18,20-21,23H,12-15,17,19,22H2,1-3H3. The van der Waals surface area contributed by atoms with Crippen molar-refractivity contribution in [1.82, 2.24) is 29.7 Å². The molecular weight excluding hydrogens is 552 g/mol. The van der Waals surface area contributed by atoms with E-state index in [9.17, 15) is 4.79 Å². The second kappa shape index (κ2) is 13.0. The van der Waals surface area contributed by atoms with Gasteiger partial charge in [0.2, 0.25) is 0 Å². The molecule has 0 amide bonds. The van der Waals surface area contributed by atoms with Gasteiger partial charge < -0.3 is 4.90 Å². The van der Waals surface area contributed by atoms with Gasteiger partial charge in [-0.25, -0.2) is 15.0 Å². The van der Waals surface area contributed by atoms with Crippen LogP contribution in [0, 0.1) is 13.8 Å². The summed E-state index contributed by atoms with van der Waals surface area (Å²) in [5.74, 6) is 0.859. The van der Waals surface area contributed by atoms with E-state index in [4.69, 9.17) is 4.98 Å². The van der Waals surface area contributed by atoms with Gasteiger partial charge in [0.15, 0.2) is 5.78 Å². The number of carbonyl (C=O) groups is 1. The molecule has 8 heteroatoms. The van der Waals surface area contributed by atoms with Gasteiger partial charge in [-0.1, -0.05) is 42.5 Å². The van der Waals surface area contributed by atoms with E-state index >= 15 is 0 Å². The lowest BCUT2D eigenvalue weighted by molar-refractivity contribution is 0.0993. The molecule has 4 heterocycles. The van der Waals surface area contributed by atoms with Crippen LogP contribution in [0.25, 0.3) is 21.8 Å². The molecule has 7 nitrogen and oxygen atoms in total. The first-order chi connectivity index (χ1) is 20.9. The number of pyridine rings is 1. The third kappa shape index (κ3) is 7.28. The van der Waals surface area contributed by atoms with E-state index in [1.165, 1.54) is 5.56 Å². The van der Waals surface area contributed by atoms with E-state index in [1.807, 2.05) is 49.0 Å². The van der Waals surface area contributed by atoms with Gasteiger partial charge >= 0.3 is 0 Å². The molecule has 0 spiro atoms. The van der Waals surface area contributed by atoms with Crippen molar-refractivity contribution in [2.45, 2.75) is 33.2 Å². The Labute approximate surface area is 257 Å². The SMILES string of the molecule is Cc1csc(-c2cncc(-c3ccnc(Cc4cc(CC(=O)c5ccc(CN6CCN(C)CC6)cc5)ccc4C)n3)c2)n1. The molecule has 3 aromatic heterocycles. The van der Waals surface area contributed by atoms with Crippen molar-refractivity contribution >= 4 is 17.1 Å². The largest absolute Gasteiger partial charge is 0.304 e. The van der Waals surface area contributed by atoms with Gasteiger partial charge in [0, 0.05) is 91.9 Å². The van der Waals surface area contributed by atoms with Gasteiger partial charge in [-0.2, -0.15) is 0 Å². The number of benzene rings is 2. The minimum atomic E-state index is 0.127. The number of Topliss-reactive ketones (excluding diaryl/α,β-unsaturated/α-hetero) is 1. The second-order valence-corrected chi connectivity index (χ2v) is 12.3. The number of ketones is 1. The summed E-state index contributed by atoms with van der Waals surface area (Å²) in [5, 5.41) is 2.99. The number of piperazine rings is 1. The molecule has 0 aliphatic carbocycles. The van der Waals surface area contributed by atoms with E-state index in [0.29, 0.717) is 12.8 Å². The molecular formula is C35H36N6OS. The number of hydrogen-bond donors (Lipinski definition) is 0. The molecule has 0 saturated carbocycles. The zero-order valence-electron chi connectivity index (χ0n) is 25.0. The third-order valence-electron chi connectivity index (χ3n) is 8.01. The Morgan fingerprint density at radius 1 is 0.884 bits per heavy atom. The minimum Gasteiger partial charge on any atom is -0.304 e. The maximum Gasteiger partial charge on any atom is 0.167 e. The summed E-state index contributed by atoms with van der Waals surface area (Å²) < 4.78 is 0. The van der Waals surface area contributed by atoms with Gasteiger partial charge in [-0.05, 0) is 55.3 Å². The Kier molecular flexibility index (Phi) is 8.79. The van der Waals surface area contributed by atoms with Gasteiger partial charge in [0.25, 0.3) is 0 Å². The maximum atomic E-state index is 13.2. The Hall–Kier alpha value is -4.11. The molecule has 2 aromatic carbocycles. The molecule has 0 atom stereocenters. The first kappa shape index (κ1) is 29.0. The summed E-state index contributed by atoms with van der Waals surface area (Å²) in [4.78, 5) is 36.5. The van der Waals surface area contributed by atoms with Gasteiger partial charge in [-0.15, -0.1) is 11.3 Å². The number of hydrogen-bond acceptors (Lipinski definition) is 8. The molecule has 0 radical (unpaired) electrons. The summed E-state index contributed by atoms with van der Waals surface area (Å²) in [6.45, 7) is 9.39. The van der Waals surface area contributed by atoms with Crippen LogP contribution in [-0.4, -0.2) is 68.7 Å². The highest BCUT2D eigenvalue weighted by molar-refractivity contribution is 7.13. The van der Waals surface area contributed by atoms with E-state index in [0.717, 1.165) is 88.3 Å². The van der Waals surface area contributed by atoms with Crippen LogP contribution < -0.4 is 0 Å². The smallest absolute Gasteiger partial charge is 0.167 e. The van der Waals surface area contributed by atoms with Gasteiger partial charge in [0.1, 0.15) is 10.8 Å². The third-order valence-corrected chi connectivity index (χ3v) is 9.02. The molecule has 43 heavy (non-hydrogen) atoms. The van der Waals surface area contributed by atoms with Crippen molar-refractivity contribution in [1.29, 1.82) is 0 Å². The molecule has 5 aromatic rings. The van der Waals surface area contributed by atoms with E-state index in [1.54, 1.807) is 17.5 Å². The Balaban J connectivity index is 1.12. The molecule has 0 N–H and O–H groups in total. The average molecular weight is 589 g/mol. The summed E-state index contributed by atoms with van der Waals surface area (Å²) in [7, 11) is 2.17. The lowest BCUT2D eigenvalue weighted by Gasteiger charge is -2.32. The Morgan fingerprint density at radius 2 is 1.65 bits per heavy atom. The summed E-state index contributed by atoms with van der Waals surface area (Å²) in [6.07, 6.45) is 6.41. The molecule has 0 unspecified atom stereocenters. The van der Waals surface area contributed by atoms with Crippen molar-refractivity contribution in [3.8, 4) is 21.8 Å². The highest BCUT2D eigenvalue weighted by atomic mass is 32.1. The molecule has 1 saturated heterocycles. The van der Waals surface area contributed by atoms with Crippen LogP contribution in [0.5, 0.6) is 0 Å². The first-order valence-electron chi connectivity index (χ1n) is 14.7. The van der Waals surface area contributed by atoms with Crippen molar-refractivity contribution in [3.63, 3.8) is 0 Å². The molecule has 1 fully saturated rings. The topological polar surface area (TPSA) is 75.1 Å². The number of nitrogens with zero attached hydrogens (tertiary/aromatic N) is 6. The van der Waals surface area contributed by atoms with Crippen LogP contribution in [0.1, 0.15) is 44.1 Å². The number of rotatable bonds is 9. The first-order valence-corrected chi connectivity index (χ1v) is 15.6. The highest BCUT2D eigenvalue weighted by Gasteiger charge is 2.15. The predicted molar refractivity (Wildman–Crippen MR) is 172 cm³/mol. The maximum absolute atomic E-state index is 13.2. The van der Waals surface area contributed by atoms with Crippen molar-refractivity contribution < 1.29 is 4.79 Å². The molecule has 1 aliphatic rings. The highest BCUT2D eigenvalue weighted by Crippen LogP contribution is 2.27. The molecule has 218 valence electrons. The molecule has 0 bridgehead atoms. The summed E-state index contributed by atoms with van der Waals surface area (Å²) in [6, 6.07) is 18.4. The summed E-state index contributed by atoms with van der Waals surface area (Å²) >= 11 is 1.61. The number of likely N-dealkylation sites (N-methyl/N-ethyl adjacent to an activating group) is 1. The van der Waals surface area contributed by atoms with Crippen LogP contribution in [0.3, 0.4) is 0 Å². The van der Waals surface area contributed by atoms with Crippen LogP contribution >= 0.6 is 11.3 Å². The van der Waals surface area contributed by atoms with E-state index in [-0.39, 0.29) is 5.78 Å². The molecule has 6 rings (SSSR count). The van der Waals surface area contributed by atoms with E-state index < -0.39 is 0 Å². The quantitative estimate of drug-likeness (QED) is 0.194. The van der Waals surface area contributed by atoms with Gasteiger partial charge in [-0.3, -0.25) is 14.7 Å². The van der Waals surface area contributed by atoms with Crippen molar-refractivity contribution in [2.24, 2.45) is 0 Å². The number of aryl methyl sites for hydroxylation is 2. The lowest BCUT2D eigenvalue weighted by Crippen LogP contribution is -2.43. The van der Waals surface area contributed by atoms with Crippen LogP contribution in [0.4, 0.5) is 0 Å². The number of thiazole rings is 1. The van der Waals surface area contributed by atoms with Crippen molar-refractivity contribution in [3.05, 3.63) is 118 Å². The number of carbonyl (C=O) groups excluding carboxylic acids is 1. The zero-order chi connectivity index (χ0) is 29.8. The zero-order valence-corrected chi connectivity index (χ0v) is 25.8. The summed E-state index contributed by atoms with van der Waals surface area (Å²) in [5.41, 5.74) is 9.02. The Morgan fingerprint density at radius 3 is 2.42 bits per heavy atom. The monoisotopic (exact) mass is 588 g/mol. The van der Waals surface area contributed by atoms with Crippen LogP contribution in [0.2, 0.25) is 0 Å². The van der Waals surface area contributed by atoms with Gasteiger partial charge in [0.05, 0.1) is 5.69 Å². The van der Waals surface area contributed by atoms with E-state index in [2.05, 4.69) is 69.1 Å². The Bertz CT molecular complexity index is 1720. The molecule has 1 aliphatic heterocycles. The fourth-order valence-electron chi connectivity index (χ4n) is 5.37. The predicted octanol–water partition coefficient (Wildman–Crippen LogP) is 6.04. The lowest BCUT2D eigenvalue weighted by atomic mass is 9.97. The number of aromatic nitrogens is 4. The average Bonchev–Trinajstić information content (AvgIpc) is 3.47. The normalized spacial score (nSPS) is 14.2. The van der Waals surface area contributed by atoms with Crippen LogP contribution in [0.15, 0.2) is 78.6 Å².